The molecule has 1 aromatic carbocycles. The Labute approximate surface area is 118 Å². The molecule has 20 heavy (non-hydrogen) atoms. The van der Waals surface area contributed by atoms with Gasteiger partial charge in [-0.3, -0.25) is 0 Å². The average Bonchev–Trinajstić information content (AvgIpc) is 3.21. The molecule has 2 atom stereocenters. The normalized spacial score (nSPS) is 17.9. The largest absolute Gasteiger partial charge is 0.370 e. The van der Waals surface area contributed by atoms with Gasteiger partial charge < -0.3 is 15.0 Å². The second-order valence-corrected chi connectivity index (χ2v) is 5.09. The van der Waals surface area contributed by atoms with Gasteiger partial charge in [0.15, 0.2) is 0 Å². The van der Waals surface area contributed by atoms with Crippen molar-refractivity contribution in [3.8, 4) is 0 Å². The van der Waals surface area contributed by atoms with Gasteiger partial charge in [0.25, 0.3) is 0 Å². The zero-order valence-electron chi connectivity index (χ0n) is 11.5. The Kier molecular flexibility index (Phi) is 3.80. The van der Waals surface area contributed by atoms with Crippen molar-refractivity contribution in [3.05, 3.63) is 47.6 Å². The zero-order chi connectivity index (χ0) is 13.9. The van der Waals surface area contributed by atoms with Crippen LogP contribution in [0.1, 0.15) is 49.2 Å². The molecule has 0 amide bonds. The molecule has 0 bridgehead atoms. The van der Waals surface area contributed by atoms with Gasteiger partial charge in [0.05, 0.1) is 0 Å². The van der Waals surface area contributed by atoms with E-state index < -0.39 is 0 Å². The third kappa shape index (κ3) is 2.73. The highest BCUT2D eigenvalue weighted by Crippen LogP contribution is 2.42. The minimum Gasteiger partial charge on any atom is -0.370 e. The summed E-state index contributed by atoms with van der Waals surface area (Å²) in [7, 11) is 0. The monoisotopic (exact) mass is 273 g/mol. The molecule has 1 fully saturated rings. The molecule has 1 aromatic heterocycles. The van der Waals surface area contributed by atoms with Gasteiger partial charge in [0.1, 0.15) is 12.1 Å². The number of hydrogen-bond donors (Lipinski definition) is 1. The molecule has 106 valence electrons. The van der Waals surface area contributed by atoms with Crippen LogP contribution in [0.4, 0.5) is 0 Å². The van der Waals surface area contributed by atoms with Crippen LogP contribution in [0.3, 0.4) is 0 Å². The van der Waals surface area contributed by atoms with Gasteiger partial charge in [-0.25, -0.2) is 0 Å². The number of aromatic nitrogens is 2. The number of nitrogens with zero attached hydrogens (tertiary/aromatic N) is 2. The van der Waals surface area contributed by atoms with Crippen LogP contribution in [0.15, 0.2) is 34.9 Å². The number of hydrogen-bond acceptors (Lipinski definition) is 5. The summed E-state index contributed by atoms with van der Waals surface area (Å²) in [5.74, 6) is 1.58. The molecule has 0 radical (unpaired) electrons. The summed E-state index contributed by atoms with van der Waals surface area (Å²) in [6, 6.07) is 9.36. The first-order valence-electron chi connectivity index (χ1n) is 7.05. The summed E-state index contributed by atoms with van der Waals surface area (Å²) in [5.41, 5.74) is 7.12. The van der Waals surface area contributed by atoms with Crippen molar-refractivity contribution >= 4 is 0 Å². The molecule has 1 aliphatic carbocycles. The van der Waals surface area contributed by atoms with E-state index in [1.165, 1.54) is 12.8 Å². The quantitative estimate of drug-likeness (QED) is 0.875. The smallest absolute Gasteiger partial charge is 0.248 e. The Bertz CT molecular complexity index is 551. The standard InChI is InChI=1S/C15H19N3O2/c1-2-19-13(11-8-9-11)14-17-15(20-18-14)12(16)10-6-4-3-5-7-10/h3-7,11-13H,2,8-9,16H2,1H3/t12-,13?/m0/s1. The number of nitrogens with two attached hydrogens (primary N) is 1. The van der Waals surface area contributed by atoms with E-state index in [1.54, 1.807) is 0 Å². The van der Waals surface area contributed by atoms with Gasteiger partial charge in [-0.1, -0.05) is 35.5 Å². The fourth-order valence-corrected chi connectivity index (χ4v) is 2.29. The Hall–Kier alpha value is -1.72. The second kappa shape index (κ2) is 5.73. The van der Waals surface area contributed by atoms with Crippen LogP contribution < -0.4 is 5.73 Å². The molecule has 1 heterocycles. The van der Waals surface area contributed by atoms with Gasteiger partial charge in [0.2, 0.25) is 11.7 Å². The van der Waals surface area contributed by atoms with Gasteiger partial charge in [0, 0.05) is 6.61 Å². The van der Waals surface area contributed by atoms with Crippen molar-refractivity contribution in [2.24, 2.45) is 11.7 Å². The van der Waals surface area contributed by atoms with Gasteiger partial charge >= 0.3 is 0 Å². The van der Waals surface area contributed by atoms with Gasteiger partial charge in [-0.15, -0.1) is 0 Å². The minimum absolute atomic E-state index is 0.0551. The maximum Gasteiger partial charge on any atom is 0.248 e. The highest BCUT2D eigenvalue weighted by atomic mass is 16.5. The molecule has 1 aliphatic rings. The molecule has 0 spiro atoms. The van der Waals surface area contributed by atoms with Crippen molar-refractivity contribution in [3.63, 3.8) is 0 Å². The molecule has 2 aromatic rings. The highest BCUT2D eigenvalue weighted by molar-refractivity contribution is 5.23. The first kappa shape index (κ1) is 13.3. The van der Waals surface area contributed by atoms with Crippen LogP contribution in [-0.4, -0.2) is 16.7 Å². The van der Waals surface area contributed by atoms with E-state index in [2.05, 4.69) is 10.1 Å². The SMILES string of the molecule is CCOC(c1noc([C@@H](N)c2ccccc2)n1)C1CC1. The van der Waals surface area contributed by atoms with E-state index in [4.69, 9.17) is 15.0 Å². The molecule has 0 saturated heterocycles. The fourth-order valence-electron chi connectivity index (χ4n) is 2.29. The highest BCUT2D eigenvalue weighted by Gasteiger charge is 2.36. The summed E-state index contributed by atoms with van der Waals surface area (Å²) in [6.07, 6.45) is 2.28. The molecule has 3 rings (SSSR count). The van der Waals surface area contributed by atoms with E-state index in [9.17, 15) is 0 Å². The van der Waals surface area contributed by atoms with E-state index in [1.807, 2.05) is 37.3 Å². The Balaban J connectivity index is 1.79. The molecular formula is C15H19N3O2. The third-order valence-electron chi connectivity index (χ3n) is 3.53. The summed E-state index contributed by atoms with van der Waals surface area (Å²) in [4.78, 5) is 4.44. The summed E-state index contributed by atoms with van der Waals surface area (Å²) < 4.78 is 11.0. The number of rotatable bonds is 6. The van der Waals surface area contributed by atoms with Gasteiger partial charge in [-0.05, 0) is 31.2 Å². The van der Waals surface area contributed by atoms with E-state index >= 15 is 0 Å². The first-order valence-corrected chi connectivity index (χ1v) is 7.05. The molecule has 5 nitrogen and oxygen atoms in total. The van der Waals surface area contributed by atoms with Crippen molar-refractivity contribution < 1.29 is 9.26 Å². The lowest BCUT2D eigenvalue weighted by Gasteiger charge is -2.11. The average molecular weight is 273 g/mol. The molecule has 1 saturated carbocycles. The van der Waals surface area contributed by atoms with E-state index in [-0.39, 0.29) is 12.1 Å². The third-order valence-corrected chi connectivity index (χ3v) is 3.53. The van der Waals surface area contributed by atoms with Crippen LogP contribution in [0, 0.1) is 5.92 Å². The Morgan fingerprint density at radius 2 is 2.10 bits per heavy atom. The Morgan fingerprint density at radius 3 is 2.75 bits per heavy atom. The van der Waals surface area contributed by atoms with Crippen LogP contribution >= 0.6 is 0 Å². The molecule has 2 N–H and O–H groups in total. The van der Waals surface area contributed by atoms with Crippen molar-refractivity contribution in [2.45, 2.75) is 31.9 Å². The van der Waals surface area contributed by atoms with Crippen molar-refractivity contribution in [1.82, 2.24) is 10.1 Å². The lowest BCUT2D eigenvalue weighted by atomic mass is 10.1. The molecular weight excluding hydrogens is 254 g/mol. The van der Waals surface area contributed by atoms with Crippen LogP contribution in [0.2, 0.25) is 0 Å². The van der Waals surface area contributed by atoms with Crippen molar-refractivity contribution in [1.29, 1.82) is 0 Å². The van der Waals surface area contributed by atoms with E-state index in [0.717, 1.165) is 5.56 Å². The van der Waals surface area contributed by atoms with Crippen molar-refractivity contribution in [2.75, 3.05) is 6.61 Å². The maximum atomic E-state index is 6.16. The zero-order valence-corrected chi connectivity index (χ0v) is 11.5. The topological polar surface area (TPSA) is 74.2 Å². The molecule has 1 unspecified atom stereocenters. The fraction of sp³-hybridized carbons (Fsp3) is 0.467. The molecule has 0 aliphatic heterocycles. The maximum absolute atomic E-state index is 6.16. The first-order chi connectivity index (χ1) is 9.79. The summed E-state index contributed by atoms with van der Waals surface area (Å²) in [5, 5.41) is 4.05. The number of ether oxygens (including phenoxy) is 1. The van der Waals surface area contributed by atoms with Crippen LogP contribution in [0.25, 0.3) is 0 Å². The predicted molar refractivity (Wildman–Crippen MR) is 73.9 cm³/mol. The lowest BCUT2D eigenvalue weighted by molar-refractivity contribution is 0.0384. The Morgan fingerprint density at radius 1 is 1.35 bits per heavy atom. The summed E-state index contributed by atoms with van der Waals surface area (Å²) >= 11 is 0. The van der Waals surface area contributed by atoms with Gasteiger partial charge in [-0.2, -0.15) is 4.98 Å². The van der Waals surface area contributed by atoms with Crippen LogP contribution in [-0.2, 0) is 4.74 Å². The molecule has 5 heteroatoms. The number of benzene rings is 1. The minimum atomic E-state index is -0.390. The second-order valence-electron chi connectivity index (χ2n) is 5.09. The van der Waals surface area contributed by atoms with E-state index in [0.29, 0.717) is 24.2 Å². The summed E-state index contributed by atoms with van der Waals surface area (Å²) in [6.45, 7) is 2.63. The van der Waals surface area contributed by atoms with Crippen LogP contribution in [0.5, 0.6) is 0 Å². The lowest BCUT2D eigenvalue weighted by Crippen LogP contribution is -2.13. The predicted octanol–water partition coefficient (Wildman–Crippen LogP) is 2.61.